The summed E-state index contributed by atoms with van der Waals surface area (Å²) in [7, 11) is 0. The summed E-state index contributed by atoms with van der Waals surface area (Å²) in [5.74, 6) is 0.217. The zero-order valence-electron chi connectivity index (χ0n) is 10.2. The van der Waals surface area contributed by atoms with Gasteiger partial charge in [0, 0.05) is 51.9 Å². The maximum Gasteiger partial charge on any atom is 0.251 e. The molecule has 17 heavy (non-hydrogen) atoms. The summed E-state index contributed by atoms with van der Waals surface area (Å²) in [6, 6.07) is 0.586. The van der Waals surface area contributed by atoms with Crippen molar-refractivity contribution in [1.29, 1.82) is 0 Å². The second-order valence-corrected chi connectivity index (χ2v) is 5.18. The highest BCUT2D eigenvalue weighted by atomic mass is 16.5. The lowest BCUT2D eigenvalue weighted by molar-refractivity contribution is -0.148. The highest BCUT2D eigenvalue weighted by Crippen LogP contribution is 2.21. The van der Waals surface area contributed by atoms with Crippen LogP contribution in [0.1, 0.15) is 12.8 Å². The maximum absolute atomic E-state index is 12.0. The largest absolute Gasteiger partial charge is 0.368 e. The van der Waals surface area contributed by atoms with E-state index in [4.69, 9.17) is 4.74 Å². The van der Waals surface area contributed by atoms with Crippen molar-refractivity contribution in [2.24, 2.45) is 0 Å². The van der Waals surface area contributed by atoms with Crippen molar-refractivity contribution in [3.05, 3.63) is 0 Å². The minimum atomic E-state index is -0.140. The van der Waals surface area contributed by atoms with Gasteiger partial charge in [0.05, 0.1) is 0 Å². The van der Waals surface area contributed by atoms with Crippen molar-refractivity contribution in [2.75, 3.05) is 45.9 Å². The molecule has 0 aromatic heterocycles. The molecule has 5 nitrogen and oxygen atoms in total. The van der Waals surface area contributed by atoms with Crippen LogP contribution in [0.25, 0.3) is 0 Å². The molecule has 96 valence electrons. The first-order valence-corrected chi connectivity index (χ1v) is 6.70. The fraction of sp³-hybridized carbons (Fsp3) is 0.917. The van der Waals surface area contributed by atoms with E-state index in [-0.39, 0.29) is 12.0 Å². The normalized spacial score (nSPS) is 31.5. The van der Waals surface area contributed by atoms with Crippen LogP contribution in [-0.2, 0) is 9.53 Å². The fourth-order valence-corrected chi connectivity index (χ4v) is 2.89. The number of carbonyl (C=O) groups excluding carboxylic acids is 1. The molecular formula is C12H21N3O2. The van der Waals surface area contributed by atoms with Gasteiger partial charge < -0.3 is 15.0 Å². The van der Waals surface area contributed by atoms with E-state index < -0.39 is 0 Å². The van der Waals surface area contributed by atoms with Crippen molar-refractivity contribution >= 4 is 5.91 Å². The van der Waals surface area contributed by atoms with E-state index in [1.165, 1.54) is 0 Å². The maximum atomic E-state index is 12.0. The van der Waals surface area contributed by atoms with Crippen molar-refractivity contribution in [1.82, 2.24) is 15.1 Å². The van der Waals surface area contributed by atoms with Crippen LogP contribution in [0.3, 0.4) is 0 Å². The van der Waals surface area contributed by atoms with Gasteiger partial charge >= 0.3 is 0 Å². The van der Waals surface area contributed by atoms with Gasteiger partial charge in [-0.2, -0.15) is 0 Å². The number of nitrogens with one attached hydrogen (secondary N) is 1. The van der Waals surface area contributed by atoms with E-state index in [9.17, 15) is 4.79 Å². The van der Waals surface area contributed by atoms with Gasteiger partial charge in [0.15, 0.2) is 0 Å². The summed E-state index contributed by atoms with van der Waals surface area (Å²) in [5.41, 5.74) is 0. The molecule has 1 atom stereocenters. The smallest absolute Gasteiger partial charge is 0.251 e. The molecule has 0 unspecified atom stereocenters. The first-order valence-electron chi connectivity index (χ1n) is 6.70. The van der Waals surface area contributed by atoms with Gasteiger partial charge in [-0.05, 0) is 12.8 Å². The molecule has 0 aliphatic carbocycles. The Kier molecular flexibility index (Phi) is 3.31. The van der Waals surface area contributed by atoms with Gasteiger partial charge in [-0.3, -0.25) is 9.69 Å². The Balaban J connectivity index is 1.45. The van der Waals surface area contributed by atoms with E-state index in [2.05, 4.69) is 10.2 Å². The topological polar surface area (TPSA) is 44.8 Å². The van der Waals surface area contributed by atoms with Crippen molar-refractivity contribution < 1.29 is 9.53 Å². The molecular weight excluding hydrogens is 218 g/mol. The van der Waals surface area contributed by atoms with Crippen LogP contribution >= 0.6 is 0 Å². The van der Waals surface area contributed by atoms with Crippen LogP contribution in [0.4, 0.5) is 0 Å². The quantitative estimate of drug-likeness (QED) is 0.691. The lowest BCUT2D eigenvalue weighted by Crippen LogP contribution is -2.65. The van der Waals surface area contributed by atoms with Crippen LogP contribution in [-0.4, -0.2) is 73.7 Å². The minimum Gasteiger partial charge on any atom is -0.368 e. The Bertz CT molecular complexity index is 279. The average molecular weight is 239 g/mol. The molecule has 3 aliphatic rings. The highest BCUT2D eigenvalue weighted by Gasteiger charge is 2.38. The van der Waals surface area contributed by atoms with Crippen LogP contribution in [0, 0.1) is 0 Å². The van der Waals surface area contributed by atoms with Crippen LogP contribution in [0.5, 0.6) is 0 Å². The molecule has 5 heteroatoms. The number of hydrogen-bond donors (Lipinski definition) is 1. The van der Waals surface area contributed by atoms with Gasteiger partial charge in [-0.1, -0.05) is 0 Å². The Hall–Kier alpha value is -0.650. The van der Waals surface area contributed by atoms with Crippen molar-refractivity contribution in [3.8, 4) is 0 Å². The average Bonchev–Trinajstić information content (AvgIpc) is 2.81. The summed E-state index contributed by atoms with van der Waals surface area (Å²) >= 11 is 0. The second-order valence-electron chi connectivity index (χ2n) is 5.18. The first kappa shape index (κ1) is 11.4. The molecule has 0 bridgehead atoms. The third-order valence-corrected chi connectivity index (χ3v) is 4.05. The van der Waals surface area contributed by atoms with Crippen LogP contribution < -0.4 is 5.32 Å². The molecule has 3 fully saturated rings. The number of rotatable bonds is 2. The molecule has 0 aromatic carbocycles. The second kappa shape index (κ2) is 4.92. The highest BCUT2D eigenvalue weighted by molar-refractivity contribution is 5.82. The Labute approximate surface area is 102 Å². The van der Waals surface area contributed by atoms with Gasteiger partial charge in [0.25, 0.3) is 5.91 Å². The van der Waals surface area contributed by atoms with E-state index in [0.717, 1.165) is 58.7 Å². The molecule has 3 aliphatic heterocycles. The molecule has 1 N–H and O–H groups in total. The third-order valence-electron chi connectivity index (χ3n) is 4.05. The van der Waals surface area contributed by atoms with E-state index in [1.807, 2.05) is 4.90 Å². The Morgan fingerprint density at radius 3 is 2.65 bits per heavy atom. The zero-order valence-corrected chi connectivity index (χ0v) is 10.2. The predicted molar refractivity (Wildman–Crippen MR) is 63.8 cm³/mol. The Morgan fingerprint density at radius 2 is 2.00 bits per heavy atom. The summed E-state index contributed by atoms with van der Waals surface area (Å²) in [4.78, 5) is 16.5. The van der Waals surface area contributed by atoms with E-state index in [0.29, 0.717) is 6.04 Å². The predicted octanol–water partition coefficient (Wildman–Crippen LogP) is -0.719. The molecule has 0 saturated carbocycles. The van der Waals surface area contributed by atoms with Crippen molar-refractivity contribution in [3.63, 3.8) is 0 Å². The number of likely N-dealkylation sites (tertiary alicyclic amines) is 1. The number of amides is 1. The van der Waals surface area contributed by atoms with E-state index in [1.54, 1.807) is 0 Å². The monoisotopic (exact) mass is 239 g/mol. The lowest BCUT2D eigenvalue weighted by atomic mass is 10.0. The molecule has 3 heterocycles. The SMILES string of the molecule is O=C([C@H]1CCCO1)N1CC(N2CCNCC2)C1. The summed E-state index contributed by atoms with van der Waals surface area (Å²) in [6.07, 6.45) is 1.80. The van der Waals surface area contributed by atoms with Gasteiger partial charge in [-0.25, -0.2) is 0 Å². The molecule has 3 rings (SSSR count). The van der Waals surface area contributed by atoms with Crippen molar-refractivity contribution in [2.45, 2.75) is 25.0 Å². The van der Waals surface area contributed by atoms with Gasteiger partial charge in [-0.15, -0.1) is 0 Å². The standard InChI is InChI=1S/C12H21N3O2/c16-12(11-2-1-7-17-11)15-8-10(9-15)14-5-3-13-4-6-14/h10-11,13H,1-9H2/t11-/m1/s1. The summed E-state index contributed by atoms with van der Waals surface area (Å²) < 4.78 is 5.44. The number of ether oxygens (including phenoxy) is 1. The van der Waals surface area contributed by atoms with E-state index >= 15 is 0 Å². The van der Waals surface area contributed by atoms with Crippen LogP contribution in [0.2, 0.25) is 0 Å². The molecule has 0 radical (unpaired) electrons. The number of nitrogens with zero attached hydrogens (tertiary/aromatic N) is 2. The fourth-order valence-electron chi connectivity index (χ4n) is 2.89. The minimum absolute atomic E-state index is 0.140. The van der Waals surface area contributed by atoms with Gasteiger partial charge in [0.2, 0.25) is 0 Å². The first-order chi connectivity index (χ1) is 8.34. The molecule has 0 spiro atoms. The Morgan fingerprint density at radius 1 is 1.24 bits per heavy atom. The molecule has 0 aromatic rings. The zero-order chi connectivity index (χ0) is 11.7. The third kappa shape index (κ3) is 2.32. The summed E-state index contributed by atoms with van der Waals surface area (Å²) in [6.45, 7) is 6.95. The number of piperazine rings is 1. The van der Waals surface area contributed by atoms with Crippen LogP contribution in [0.15, 0.2) is 0 Å². The molecule has 3 saturated heterocycles. The van der Waals surface area contributed by atoms with Gasteiger partial charge in [0.1, 0.15) is 6.10 Å². The lowest BCUT2D eigenvalue weighted by Gasteiger charge is -2.47. The molecule has 1 amide bonds. The number of carbonyl (C=O) groups is 1. The summed E-state index contributed by atoms with van der Waals surface area (Å²) in [5, 5.41) is 3.35. The number of hydrogen-bond acceptors (Lipinski definition) is 4.